The van der Waals surface area contributed by atoms with Gasteiger partial charge in [0, 0.05) is 11.3 Å². The van der Waals surface area contributed by atoms with Gasteiger partial charge in [-0.05, 0) is 66.8 Å². The van der Waals surface area contributed by atoms with Crippen molar-refractivity contribution in [3.63, 3.8) is 0 Å². The summed E-state index contributed by atoms with van der Waals surface area (Å²) < 4.78 is 5.73. The topological polar surface area (TPSA) is 66.8 Å². The largest absolute Gasteiger partial charge is 0.507 e. The van der Waals surface area contributed by atoms with Crippen LogP contribution in [0.25, 0.3) is 5.76 Å². The number of Topliss-reactive ketones (excluding diaryl/α,β-unsaturated/α-hetero) is 1. The average Bonchev–Trinajstić information content (AvgIpc) is 3.10. The van der Waals surface area contributed by atoms with E-state index in [4.69, 9.17) is 4.74 Å². The minimum atomic E-state index is -0.737. The standard InChI is InChI=1S/C29H29NO4/c1-18(2)17-34-23-14-12-22(13-15-23)27(31)25-26(21-8-6-5-7-9-21)30(29(33)28(25)32)24-16-19(3)10-11-20(24)4/h5-16,18,26,31H,17H2,1-4H3/b27-25+. The molecule has 3 aromatic carbocycles. The second-order valence-electron chi connectivity index (χ2n) is 9.10. The molecule has 4 rings (SSSR count). The molecule has 0 aromatic heterocycles. The summed E-state index contributed by atoms with van der Waals surface area (Å²) in [5.41, 5.74) is 3.80. The van der Waals surface area contributed by atoms with Crippen molar-refractivity contribution in [3.05, 3.63) is 101 Å². The van der Waals surface area contributed by atoms with Gasteiger partial charge in [0.2, 0.25) is 0 Å². The van der Waals surface area contributed by atoms with Crippen molar-refractivity contribution in [3.8, 4) is 5.75 Å². The molecule has 1 saturated heterocycles. The molecular formula is C29H29NO4. The fourth-order valence-electron chi connectivity index (χ4n) is 4.14. The van der Waals surface area contributed by atoms with Crippen LogP contribution < -0.4 is 9.64 Å². The molecule has 0 saturated carbocycles. The normalized spacial score (nSPS) is 17.4. The van der Waals surface area contributed by atoms with E-state index in [0.717, 1.165) is 16.7 Å². The number of amides is 1. The van der Waals surface area contributed by atoms with Crippen LogP contribution in [0.1, 0.15) is 42.1 Å². The van der Waals surface area contributed by atoms with E-state index in [-0.39, 0.29) is 11.3 Å². The number of benzene rings is 3. The van der Waals surface area contributed by atoms with Crippen molar-refractivity contribution in [2.24, 2.45) is 5.92 Å². The molecule has 5 heteroatoms. The van der Waals surface area contributed by atoms with Gasteiger partial charge in [0.05, 0.1) is 18.2 Å². The van der Waals surface area contributed by atoms with Gasteiger partial charge in [-0.15, -0.1) is 0 Å². The molecule has 1 N–H and O–H groups in total. The van der Waals surface area contributed by atoms with Gasteiger partial charge in [-0.1, -0.05) is 56.3 Å². The van der Waals surface area contributed by atoms with Crippen LogP contribution in [0.3, 0.4) is 0 Å². The van der Waals surface area contributed by atoms with Crippen molar-refractivity contribution in [1.29, 1.82) is 0 Å². The number of hydrogen-bond donors (Lipinski definition) is 1. The zero-order valence-electron chi connectivity index (χ0n) is 19.9. The molecule has 1 aliphatic heterocycles. The molecule has 34 heavy (non-hydrogen) atoms. The molecule has 0 aliphatic carbocycles. The van der Waals surface area contributed by atoms with E-state index in [2.05, 4.69) is 13.8 Å². The summed E-state index contributed by atoms with van der Waals surface area (Å²) >= 11 is 0. The van der Waals surface area contributed by atoms with E-state index in [0.29, 0.717) is 29.5 Å². The quantitative estimate of drug-likeness (QED) is 0.283. The third-order valence-electron chi connectivity index (χ3n) is 5.89. The lowest BCUT2D eigenvalue weighted by Gasteiger charge is -2.27. The number of anilines is 1. The summed E-state index contributed by atoms with van der Waals surface area (Å²) in [6, 6.07) is 21.3. The monoisotopic (exact) mass is 455 g/mol. The summed E-state index contributed by atoms with van der Waals surface area (Å²) in [5.74, 6) is -0.482. The number of rotatable bonds is 6. The maximum atomic E-state index is 13.3. The molecule has 1 atom stereocenters. The van der Waals surface area contributed by atoms with Gasteiger partial charge in [0.1, 0.15) is 11.5 Å². The summed E-state index contributed by atoms with van der Waals surface area (Å²) in [4.78, 5) is 28.1. The minimum absolute atomic E-state index is 0.0768. The third-order valence-corrected chi connectivity index (χ3v) is 5.89. The SMILES string of the molecule is Cc1ccc(C)c(N2C(=O)C(=O)/C(=C(/O)c3ccc(OCC(C)C)cc3)C2c2ccccc2)c1. The highest BCUT2D eigenvalue weighted by Gasteiger charge is 2.47. The fraction of sp³-hybridized carbons (Fsp3) is 0.241. The molecule has 1 aliphatic rings. The van der Waals surface area contributed by atoms with Crippen molar-refractivity contribution in [1.82, 2.24) is 0 Å². The van der Waals surface area contributed by atoms with Crippen LogP contribution in [-0.2, 0) is 9.59 Å². The summed E-state index contributed by atoms with van der Waals surface area (Å²) in [6.45, 7) is 8.57. The third kappa shape index (κ3) is 4.46. The molecule has 5 nitrogen and oxygen atoms in total. The second-order valence-corrected chi connectivity index (χ2v) is 9.10. The van der Waals surface area contributed by atoms with Crippen molar-refractivity contribution >= 4 is 23.1 Å². The van der Waals surface area contributed by atoms with Gasteiger partial charge in [-0.2, -0.15) is 0 Å². The van der Waals surface area contributed by atoms with Crippen LogP contribution in [0, 0.1) is 19.8 Å². The molecule has 1 unspecified atom stereocenters. The Kier molecular flexibility index (Phi) is 6.55. The number of hydrogen-bond acceptors (Lipinski definition) is 4. The highest BCUT2D eigenvalue weighted by Crippen LogP contribution is 2.43. The van der Waals surface area contributed by atoms with Crippen LogP contribution >= 0.6 is 0 Å². The molecule has 0 radical (unpaired) electrons. The van der Waals surface area contributed by atoms with Gasteiger partial charge in [0.25, 0.3) is 11.7 Å². The first-order valence-electron chi connectivity index (χ1n) is 11.4. The highest BCUT2D eigenvalue weighted by molar-refractivity contribution is 6.51. The molecule has 174 valence electrons. The summed E-state index contributed by atoms with van der Waals surface area (Å²) in [5, 5.41) is 11.3. The molecular weight excluding hydrogens is 426 g/mol. The van der Waals surface area contributed by atoms with Crippen molar-refractivity contribution in [2.75, 3.05) is 11.5 Å². The Labute approximate surface area is 200 Å². The number of carbonyl (C=O) groups excluding carboxylic acids is 2. The van der Waals surface area contributed by atoms with Crippen molar-refractivity contribution in [2.45, 2.75) is 33.7 Å². The van der Waals surface area contributed by atoms with E-state index in [1.54, 1.807) is 24.3 Å². The van der Waals surface area contributed by atoms with Gasteiger partial charge in [-0.25, -0.2) is 0 Å². The lowest BCUT2D eigenvalue weighted by atomic mass is 9.95. The number of ketones is 1. The first-order chi connectivity index (χ1) is 16.3. The predicted molar refractivity (Wildman–Crippen MR) is 134 cm³/mol. The second kappa shape index (κ2) is 9.56. The van der Waals surface area contributed by atoms with E-state index >= 15 is 0 Å². The Morgan fingerprint density at radius 1 is 0.971 bits per heavy atom. The zero-order valence-corrected chi connectivity index (χ0v) is 19.9. The number of aliphatic hydroxyl groups excluding tert-OH is 1. The van der Waals surface area contributed by atoms with Crippen LogP contribution in [0.5, 0.6) is 5.75 Å². The Hall–Kier alpha value is -3.86. The number of nitrogens with zero attached hydrogens (tertiary/aromatic N) is 1. The fourth-order valence-corrected chi connectivity index (χ4v) is 4.14. The molecule has 1 heterocycles. The van der Waals surface area contributed by atoms with Crippen LogP contribution in [0.15, 0.2) is 78.4 Å². The maximum absolute atomic E-state index is 13.3. The van der Waals surface area contributed by atoms with E-state index in [1.807, 2.05) is 62.4 Å². The van der Waals surface area contributed by atoms with Gasteiger partial charge in [-0.3, -0.25) is 14.5 Å². The number of aliphatic hydroxyl groups is 1. The van der Waals surface area contributed by atoms with Crippen LogP contribution in [0.2, 0.25) is 0 Å². The van der Waals surface area contributed by atoms with E-state index in [9.17, 15) is 14.7 Å². The molecule has 3 aromatic rings. The lowest BCUT2D eigenvalue weighted by Crippen LogP contribution is -2.30. The highest BCUT2D eigenvalue weighted by atomic mass is 16.5. The van der Waals surface area contributed by atoms with Gasteiger partial charge >= 0.3 is 0 Å². The maximum Gasteiger partial charge on any atom is 0.300 e. The Bertz CT molecular complexity index is 1240. The smallest absolute Gasteiger partial charge is 0.300 e. The first-order valence-corrected chi connectivity index (χ1v) is 11.4. The Morgan fingerprint density at radius 3 is 2.29 bits per heavy atom. The van der Waals surface area contributed by atoms with Gasteiger partial charge < -0.3 is 9.84 Å². The van der Waals surface area contributed by atoms with E-state index in [1.165, 1.54) is 4.90 Å². The molecule has 1 fully saturated rings. The Morgan fingerprint density at radius 2 is 1.65 bits per heavy atom. The van der Waals surface area contributed by atoms with Crippen LogP contribution in [-0.4, -0.2) is 23.4 Å². The first kappa shape index (κ1) is 23.3. The lowest BCUT2D eigenvalue weighted by molar-refractivity contribution is -0.132. The minimum Gasteiger partial charge on any atom is -0.507 e. The van der Waals surface area contributed by atoms with E-state index < -0.39 is 17.7 Å². The molecule has 0 spiro atoms. The number of ether oxygens (including phenoxy) is 1. The summed E-state index contributed by atoms with van der Waals surface area (Å²) in [6.07, 6.45) is 0. The summed E-state index contributed by atoms with van der Waals surface area (Å²) in [7, 11) is 0. The Balaban J connectivity index is 1.83. The van der Waals surface area contributed by atoms with Crippen LogP contribution in [0.4, 0.5) is 5.69 Å². The van der Waals surface area contributed by atoms with Gasteiger partial charge in [0.15, 0.2) is 0 Å². The number of aryl methyl sites for hydroxylation is 2. The molecule has 0 bridgehead atoms. The average molecular weight is 456 g/mol. The zero-order chi connectivity index (χ0) is 24.4. The van der Waals surface area contributed by atoms with Crippen molar-refractivity contribution < 1.29 is 19.4 Å². The predicted octanol–water partition coefficient (Wildman–Crippen LogP) is 5.96. The number of carbonyl (C=O) groups is 2. The molecule has 1 amide bonds.